The minimum Gasteiger partial charge on any atom is -0.438 e. The molecule has 2 aliphatic rings. The van der Waals surface area contributed by atoms with Gasteiger partial charge in [0.25, 0.3) is 5.91 Å². The van der Waals surface area contributed by atoms with Gasteiger partial charge < -0.3 is 20.3 Å². The van der Waals surface area contributed by atoms with Crippen molar-refractivity contribution in [2.45, 2.75) is 38.8 Å². The van der Waals surface area contributed by atoms with E-state index >= 15 is 0 Å². The highest BCUT2D eigenvalue weighted by molar-refractivity contribution is 6.04. The number of anilines is 1. The minimum atomic E-state index is -4.53. The molecule has 0 atom stereocenters. The smallest absolute Gasteiger partial charge is 0.416 e. The number of aromatic nitrogens is 1. The molecule has 0 radical (unpaired) electrons. The number of aliphatic imine (C=N–C) groups is 1. The number of alkyl halides is 3. The van der Waals surface area contributed by atoms with Crippen molar-refractivity contribution in [2.24, 2.45) is 4.99 Å². The van der Waals surface area contributed by atoms with Gasteiger partial charge in [-0.05, 0) is 106 Å². The Bertz CT molecular complexity index is 1540. The van der Waals surface area contributed by atoms with Crippen LogP contribution in [0, 0.1) is 6.92 Å². The van der Waals surface area contributed by atoms with Gasteiger partial charge in [0, 0.05) is 30.4 Å². The van der Waals surface area contributed by atoms with Crippen LogP contribution in [0.3, 0.4) is 0 Å². The van der Waals surface area contributed by atoms with Gasteiger partial charge in [0.05, 0.1) is 16.8 Å². The number of aryl methyl sites for hydroxylation is 1. The van der Waals surface area contributed by atoms with Gasteiger partial charge in [-0.15, -0.1) is 0 Å². The Morgan fingerprint density at radius 1 is 1.12 bits per heavy atom. The van der Waals surface area contributed by atoms with E-state index in [4.69, 9.17) is 9.73 Å². The number of ether oxygens (including phenoxy) is 1. The highest BCUT2D eigenvalue weighted by Gasteiger charge is 2.31. The molecule has 0 aliphatic carbocycles. The fourth-order valence-corrected chi connectivity index (χ4v) is 5.03. The SMILES string of the molecule is Cc1cc(NC(=O)c2cccc(C(F)(F)F)c2)ccc1Oc1ncccc1C1=CC=CCC(=NCCCN2CCCC2)N1. The Hall–Kier alpha value is -4.44. The third-order valence-corrected chi connectivity index (χ3v) is 7.28. The van der Waals surface area contributed by atoms with Crippen molar-refractivity contribution >= 4 is 23.1 Å². The van der Waals surface area contributed by atoms with Crippen molar-refractivity contribution in [1.82, 2.24) is 15.2 Å². The molecule has 2 aromatic carbocycles. The van der Waals surface area contributed by atoms with E-state index in [1.807, 2.05) is 31.2 Å². The average molecular weight is 590 g/mol. The number of pyridine rings is 1. The number of amides is 1. The van der Waals surface area contributed by atoms with Crippen LogP contribution in [0.4, 0.5) is 18.9 Å². The highest BCUT2D eigenvalue weighted by atomic mass is 19.4. The van der Waals surface area contributed by atoms with Crippen molar-refractivity contribution in [2.75, 3.05) is 31.5 Å². The lowest BCUT2D eigenvalue weighted by atomic mass is 10.1. The number of nitrogens with one attached hydrogen (secondary N) is 2. The number of benzene rings is 2. The lowest BCUT2D eigenvalue weighted by Crippen LogP contribution is -2.23. The molecule has 1 saturated heterocycles. The minimum absolute atomic E-state index is 0.0846. The van der Waals surface area contributed by atoms with Gasteiger partial charge in [0.15, 0.2) is 0 Å². The monoisotopic (exact) mass is 589 g/mol. The van der Waals surface area contributed by atoms with Crippen LogP contribution in [0.5, 0.6) is 11.6 Å². The summed E-state index contributed by atoms with van der Waals surface area (Å²) in [5.74, 6) is 1.17. The number of hydrogen-bond acceptors (Lipinski definition) is 5. The Morgan fingerprint density at radius 2 is 1.95 bits per heavy atom. The first kappa shape index (κ1) is 30.0. The van der Waals surface area contributed by atoms with E-state index in [1.165, 1.54) is 38.1 Å². The lowest BCUT2D eigenvalue weighted by Gasteiger charge is -2.16. The highest BCUT2D eigenvalue weighted by Crippen LogP contribution is 2.32. The van der Waals surface area contributed by atoms with Gasteiger partial charge >= 0.3 is 6.18 Å². The molecule has 7 nitrogen and oxygen atoms in total. The van der Waals surface area contributed by atoms with E-state index in [2.05, 4.69) is 26.6 Å². The van der Waals surface area contributed by atoms with Crippen molar-refractivity contribution < 1.29 is 22.7 Å². The fraction of sp³-hybridized carbons (Fsp3) is 0.303. The summed E-state index contributed by atoms with van der Waals surface area (Å²) >= 11 is 0. The fourth-order valence-electron chi connectivity index (χ4n) is 5.03. The van der Waals surface area contributed by atoms with Crippen LogP contribution in [0.25, 0.3) is 5.70 Å². The molecule has 0 spiro atoms. The Balaban J connectivity index is 1.25. The van der Waals surface area contributed by atoms with E-state index in [9.17, 15) is 18.0 Å². The number of amidine groups is 1. The predicted octanol–water partition coefficient (Wildman–Crippen LogP) is 7.23. The number of allylic oxidation sites excluding steroid dienone is 2. The van der Waals surface area contributed by atoms with Crippen molar-refractivity contribution in [1.29, 1.82) is 0 Å². The Morgan fingerprint density at radius 3 is 2.74 bits per heavy atom. The predicted molar refractivity (Wildman–Crippen MR) is 162 cm³/mol. The van der Waals surface area contributed by atoms with Gasteiger partial charge in [-0.25, -0.2) is 4.98 Å². The van der Waals surface area contributed by atoms with Crippen LogP contribution < -0.4 is 15.4 Å². The number of rotatable bonds is 9. The molecule has 2 N–H and O–H groups in total. The number of carbonyl (C=O) groups excluding carboxylic acids is 1. The number of likely N-dealkylation sites (tertiary alicyclic amines) is 1. The maximum absolute atomic E-state index is 13.1. The maximum Gasteiger partial charge on any atom is 0.416 e. The molecule has 2 aliphatic heterocycles. The Labute approximate surface area is 249 Å². The normalized spacial score (nSPS) is 16.5. The van der Waals surface area contributed by atoms with E-state index < -0.39 is 17.6 Å². The molecule has 0 bridgehead atoms. The molecule has 0 unspecified atom stereocenters. The van der Waals surface area contributed by atoms with Crippen LogP contribution >= 0.6 is 0 Å². The number of nitrogens with zero attached hydrogens (tertiary/aromatic N) is 3. The number of hydrogen-bond donors (Lipinski definition) is 2. The summed E-state index contributed by atoms with van der Waals surface area (Å²) in [5.41, 5.74) is 1.76. The molecule has 43 heavy (non-hydrogen) atoms. The van der Waals surface area contributed by atoms with Crippen LogP contribution in [-0.2, 0) is 6.18 Å². The van der Waals surface area contributed by atoms with E-state index in [1.54, 1.807) is 24.4 Å². The zero-order valence-corrected chi connectivity index (χ0v) is 24.0. The first-order valence-electron chi connectivity index (χ1n) is 14.4. The van der Waals surface area contributed by atoms with Gasteiger partial charge in [-0.2, -0.15) is 13.2 Å². The summed E-state index contributed by atoms with van der Waals surface area (Å²) in [6.07, 6.45) is 7.43. The van der Waals surface area contributed by atoms with Crippen LogP contribution in [0.1, 0.15) is 52.7 Å². The second-order valence-corrected chi connectivity index (χ2v) is 10.5. The van der Waals surface area contributed by atoms with Crippen molar-refractivity contribution in [3.05, 3.63) is 101 Å². The number of halogens is 3. The summed E-state index contributed by atoms with van der Waals surface area (Å²) in [7, 11) is 0. The molecule has 1 fully saturated rings. The summed E-state index contributed by atoms with van der Waals surface area (Å²) < 4.78 is 45.4. The average Bonchev–Trinajstić information content (AvgIpc) is 3.40. The van der Waals surface area contributed by atoms with Gasteiger partial charge in [0.1, 0.15) is 11.6 Å². The summed E-state index contributed by atoms with van der Waals surface area (Å²) in [6.45, 7) is 6.02. The van der Waals surface area contributed by atoms with Gasteiger partial charge in [0.2, 0.25) is 5.88 Å². The summed E-state index contributed by atoms with van der Waals surface area (Å²) in [5, 5.41) is 6.12. The summed E-state index contributed by atoms with van der Waals surface area (Å²) in [4.78, 5) is 24.4. The van der Waals surface area contributed by atoms with E-state index in [0.29, 0.717) is 29.3 Å². The van der Waals surface area contributed by atoms with Crippen LogP contribution in [0.15, 0.2) is 84.0 Å². The van der Waals surface area contributed by atoms with Gasteiger partial charge in [-0.1, -0.05) is 18.2 Å². The second kappa shape index (κ2) is 13.7. The maximum atomic E-state index is 13.1. The summed E-state index contributed by atoms with van der Waals surface area (Å²) in [6, 6.07) is 13.1. The molecular weight excluding hydrogens is 555 g/mol. The van der Waals surface area contributed by atoms with Crippen molar-refractivity contribution in [3.63, 3.8) is 0 Å². The molecular formula is C33H34F3N5O2. The quantitative estimate of drug-likeness (QED) is 0.258. The topological polar surface area (TPSA) is 78.8 Å². The Kier molecular flexibility index (Phi) is 9.56. The molecule has 224 valence electrons. The molecule has 1 amide bonds. The molecule has 1 aromatic heterocycles. The van der Waals surface area contributed by atoms with Crippen molar-refractivity contribution in [3.8, 4) is 11.6 Å². The number of carbonyl (C=O) groups is 1. The van der Waals surface area contributed by atoms with Crippen LogP contribution in [0.2, 0.25) is 0 Å². The van der Waals surface area contributed by atoms with E-state index in [-0.39, 0.29) is 5.56 Å². The van der Waals surface area contributed by atoms with Gasteiger partial charge in [-0.3, -0.25) is 9.79 Å². The first-order valence-corrected chi connectivity index (χ1v) is 14.4. The zero-order valence-electron chi connectivity index (χ0n) is 24.0. The third-order valence-electron chi connectivity index (χ3n) is 7.28. The second-order valence-electron chi connectivity index (χ2n) is 10.5. The molecule has 3 heterocycles. The van der Waals surface area contributed by atoms with Crippen LogP contribution in [-0.4, -0.2) is 47.8 Å². The largest absolute Gasteiger partial charge is 0.438 e. The third kappa shape index (κ3) is 8.10. The molecule has 5 rings (SSSR count). The molecule has 3 aromatic rings. The lowest BCUT2D eigenvalue weighted by molar-refractivity contribution is -0.137. The zero-order chi connectivity index (χ0) is 30.2. The molecule has 10 heteroatoms. The first-order chi connectivity index (χ1) is 20.8. The molecule has 0 saturated carbocycles. The standard InChI is InChI=1S/C33H34F3N5O2/c1-23-21-26(39-31(42)24-9-6-10-25(22-24)33(34,35)36)14-15-29(23)43-32-27(11-7-16-38-32)28-12-2-3-13-30(40-28)37-17-8-20-41-18-4-5-19-41/h2-3,6-7,9-12,14-16,21-22H,4-5,8,13,17-20H2,1H3,(H,37,40)(H,39,42). The van der Waals surface area contributed by atoms with E-state index in [0.717, 1.165) is 48.7 Å².